The van der Waals surface area contributed by atoms with Crippen LogP contribution >= 0.6 is 0 Å². The Morgan fingerprint density at radius 2 is 2.29 bits per heavy atom. The number of nitrogens with two attached hydrogens (primary N) is 1. The number of nitrogen functional groups attached to an aromatic ring is 1. The zero-order valence-corrected chi connectivity index (χ0v) is 8.97. The Labute approximate surface area is 96.8 Å². The van der Waals surface area contributed by atoms with E-state index in [0.29, 0.717) is 23.8 Å². The number of hydrogen-bond donors (Lipinski definition) is 3. The van der Waals surface area contributed by atoms with Gasteiger partial charge in [0, 0.05) is 11.9 Å². The van der Waals surface area contributed by atoms with E-state index in [9.17, 15) is 0 Å². The van der Waals surface area contributed by atoms with Crippen molar-refractivity contribution < 1.29 is 4.42 Å². The Morgan fingerprint density at radius 1 is 1.35 bits per heavy atom. The smallest absolute Gasteiger partial charge is 0.296 e. The van der Waals surface area contributed by atoms with Crippen LogP contribution in [0.3, 0.4) is 0 Å². The summed E-state index contributed by atoms with van der Waals surface area (Å²) in [6.07, 6.45) is 1.70. The molecular formula is C11H11N5O. The summed E-state index contributed by atoms with van der Waals surface area (Å²) < 4.78 is 5.51. The quantitative estimate of drug-likeness (QED) is 0.595. The van der Waals surface area contributed by atoms with E-state index in [4.69, 9.17) is 10.2 Å². The number of nitrogens with one attached hydrogen (secondary N) is 2. The molecule has 0 saturated heterocycles. The first-order chi connectivity index (χ1) is 8.31. The van der Waals surface area contributed by atoms with E-state index >= 15 is 0 Å². The van der Waals surface area contributed by atoms with Crippen LogP contribution in [0.25, 0.3) is 11.1 Å². The standard InChI is InChI=1S/C11H11N5O/c12-7-1-2-10-9(5-7)15-11(17-10)13-6-8-3-4-14-16-8/h1-5H,6,12H2,(H,13,15)(H,14,16). The molecule has 86 valence electrons. The molecule has 0 amide bonds. The number of oxazole rings is 1. The molecule has 2 heterocycles. The monoisotopic (exact) mass is 229 g/mol. The molecule has 3 aromatic rings. The second kappa shape index (κ2) is 3.82. The van der Waals surface area contributed by atoms with Gasteiger partial charge >= 0.3 is 0 Å². The maximum Gasteiger partial charge on any atom is 0.296 e. The summed E-state index contributed by atoms with van der Waals surface area (Å²) in [4.78, 5) is 4.28. The van der Waals surface area contributed by atoms with E-state index < -0.39 is 0 Å². The van der Waals surface area contributed by atoms with Crippen molar-refractivity contribution in [2.75, 3.05) is 11.1 Å². The fourth-order valence-electron chi connectivity index (χ4n) is 1.57. The van der Waals surface area contributed by atoms with Crippen molar-refractivity contribution in [3.63, 3.8) is 0 Å². The van der Waals surface area contributed by atoms with Crippen molar-refractivity contribution in [2.45, 2.75) is 6.54 Å². The number of hydrogen-bond acceptors (Lipinski definition) is 5. The number of H-pyrrole nitrogens is 1. The van der Waals surface area contributed by atoms with E-state index in [-0.39, 0.29) is 0 Å². The highest BCUT2D eigenvalue weighted by Gasteiger charge is 2.05. The van der Waals surface area contributed by atoms with Gasteiger partial charge in [0.1, 0.15) is 5.52 Å². The summed E-state index contributed by atoms with van der Waals surface area (Å²) in [5.41, 5.74) is 8.77. The van der Waals surface area contributed by atoms with Gasteiger partial charge in [-0.3, -0.25) is 5.10 Å². The highest BCUT2D eigenvalue weighted by molar-refractivity contribution is 5.78. The maximum absolute atomic E-state index is 5.67. The van der Waals surface area contributed by atoms with E-state index in [1.54, 1.807) is 24.4 Å². The third kappa shape index (κ3) is 1.92. The molecule has 0 aliphatic rings. The average molecular weight is 229 g/mol. The molecule has 2 aromatic heterocycles. The Kier molecular flexibility index (Phi) is 2.18. The Bertz CT molecular complexity index is 628. The topological polar surface area (TPSA) is 92.8 Å². The van der Waals surface area contributed by atoms with Crippen molar-refractivity contribution in [3.05, 3.63) is 36.2 Å². The molecule has 0 saturated carbocycles. The number of aromatic amines is 1. The molecule has 6 nitrogen and oxygen atoms in total. The fourth-order valence-corrected chi connectivity index (χ4v) is 1.57. The van der Waals surface area contributed by atoms with Crippen LogP contribution in [0.15, 0.2) is 34.9 Å². The van der Waals surface area contributed by atoms with Gasteiger partial charge in [0.05, 0.1) is 12.2 Å². The van der Waals surface area contributed by atoms with Crippen molar-refractivity contribution >= 4 is 22.8 Å². The van der Waals surface area contributed by atoms with Gasteiger partial charge in [-0.15, -0.1) is 0 Å². The van der Waals surface area contributed by atoms with Crippen LogP contribution in [0, 0.1) is 0 Å². The summed E-state index contributed by atoms with van der Waals surface area (Å²) in [5, 5.41) is 9.77. The molecule has 0 aliphatic carbocycles. The minimum atomic E-state index is 0.472. The predicted molar refractivity (Wildman–Crippen MR) is 64.3 cm³/mol. The van der Waals surface area contributed by atoms with Crippen molar-refractivity contribution in [2.24, 2.45) is 0 Å². The lowest BCUT2D eigenvalue weighted by atomic mass is 10.3. The number of anilines is 2. The molecule has 0 atom stereocenters. The number of aromatic nitrogens is 3. The highest BCUT2D eigenvalue weighted by Crippen LogP contribution is 2.21. The van der Waals surface area contributed by atoms with Gasteiger partial charge < -0.3 is 15.5 Å². The molecule has 3 rings (SSSR count). The van der Waals surface area contributed by atoms with E-state index in [2.05, 4.69) is 20.5 Å². The predicted octanol–water partition coefficient (Wildman–Crippen LogP) is 1.75. The lowest BCUT2D eigenvalue weighted by Crippen LogP contribution is -1.99. The molecule has 0 radical (unpaired) electrons. The number of nitrogens with zero attached hydrogens (tertiary/aromatic N) is 2. The molecule has 0 unspecified atom stereocenters. The summed E-state index contributed by atoms with van der Waals surface area (Å²) >= 11 is 0. The molecule has 4 N–H and O–H groups in total. The molecular weight excluding hydrogens is 218 g/mol. The minimum Gasteiger partial charge on any atom is -0.424 e. The highest BCUT2D eigenvalue weighted by atomic mass is 16.4. The molecule has 17 heavy (non-hydrogen) atoms. The van der Waals surface area contributed by atoms with Crippen LogP contribution < -0.4 is 11.1 Å². The Hall–Kier alpha value is -2.50. The van der Waals surface area contributed by atoms with Crippen LogP contribution in [0.1, 0.15) is 5.69 Å². The minimum absolute atomic E-state index is 0.472. The van der Waals surface area contributed by atoms with Crippen molar-refractivity contribution in [3.8, 4) is 0 Å². The summed E-state index contributed by atoms with van der Waals surface area (Å²) in [6.45, 7) is 0.586. The van der Waals surface area contributed by atoms with Crippen LogP contribution in [0.2, 0.25) is 0 Å². The second-order valence-electron chi connectivity index (χ2n) is 3.68. The third-order valence-electron chi connectivity index (χ3n) is 2.40. The van der Waals surface area contributed by atoms with E-state index in [1.807, 2.05) is 6.07 Å². The van der Waals surface area contributed by atoms with Crippen LogP contribution in [-0.4, -0.2) is 15.2 Å². The van der Waals surface area contributed by atoms with Crippen LogP contribution in [-0.2, 0) is 6.54 Å². The molecule has 0 fully saturated rings. The SMILES string of the molecule is Nc1ccc2oc(NCc3ccn[nH]3)nc2c1. The van der Waals surface area contributed by atoms with Gasteiger partial charge in [-0.05, 0) is 24.3 Å². The van der Waals surface area contributed by atoms with Crippen molar-refractivity contribution in [1.29, 1.82) is 0 Å². The number of benzene rings is 1. The second-order valence-corrected chi connectivity index (χ2v) is 3.68. The maximum atomic E-state index is 5.67. The largest absolute Gasteiger partial charge is 0.424 e. The first-order valence-corrected chi connectivity index (χ1v) is 5.19. The lowest BCUT2D eigenvalue weighted by Gasteiger charge is -1.96. The van der Waals surface area contributed by atoms with Gasteiger partial charge in [-0.1, -0.05) is 0 Å². The fraction of sp³-hybridized carbons (Fsp3) is 0.0909. The van der Waals surface area contributed by atoms with Gasteiger partial charge in [0.25, 0.3) is 6.01 Å². The first-order valence-electron chi connectivity index (χ1n) is 5.19. The third-order valence-corrected chi connectivity index (χ3v) is 2.40. The van der Waals surface area contributed by atoms with Crippen molar-refractivity contribution in [1.82, 2.24) is 15.2 Å². The summed E-state index contributed by atoms with van der Waals surface area (Å²) in [5.74, 6) is 0. The number of fused-ring (bicyclic) bond motifs is 1. The summed E-state index contributed by atoms with van der Waals surface area (Å²) in [6, 6.07) is 7.72. The first kappa shape index (κ1) is 9.71. The molecule has 0 bridgehead atoms. The molecule has 0 spiro atoms. The normalized spacial score (nSPS) is 10.8. The van der Waals surface area contributed by atoms with Gasteiger partial charge in [-0.2, -0.15) is 10.1 Å². The van der Waals surface area contributed by atoms with E-state index in [1.165, 1.54) is 0 Å². The lowest BCUT2D eigenvalue weighted by molar-refractivity contribution is 0.613. The Balaban J connectivity index is 1.81. The zero-order valence-electron chi connectivity index (χ0n) is 8.97. The molecule has 6 heteroatoms. The zero-order chi connectivity index (χ0) is 11.7. The van der Waals surface area contributed by atoms with Crippen LogP contribution in [0.4, 0.5) is 11.7 Å². The summed E-state index contributed by atoms with van der Waals surface area (Å²) in [7, 11) is 0. The van der Waals surface area contributed by atoms with Gasteiger partial charge in [0.15, 0.2) is 5.58 Å². The average Bonchev–Trinajstić information content (AvgIpc) is 2.94. The van der Waals surface area contributed by atoms with E-state index in [0.717, 1.165) is 11.2 Å². The van der Waals surface area contributed by atoms with Gasteiger partial charge in [-0.25, -0.2) is 0 Å². The number of rotatable bonds is 3. The molecule has 0 aliphatic heterocycles. The van der Waals surface area contributed by atoms with Gasteiger partial charge in [0.2, 0.25) is 0 Å². The Morgan fingerprint density at radius 3 is 3.12 bits per heavy atom. The van der Waals surface area contributed by atoms with Crippen LogP contribution in [0.5, 0.6) is 0 Å². The molecule has 1 aromatic carbocycles.